The molecule has 1 amide bonds. The predicted molar refractivity (Wildman–Crippen MR) is 81.6 cm³/mol. The number of hydrogen-bond acceptors (Lipinski definition) is 4. The lowest BCUT2D eigenvalue weighted by Crippen LogP contribution is -2.29. The van der Waals surface area contributed by atoms with Gasteiger partial charge in [-0.15, -0.1) is 0 Å². The summed E-state index contributed by atoms with van der Waals surface area (Å²) in [5.74, 6) is -0.117. The largest absolute Gasteiger partial charge is 0.352 e. The molecule has 0 saturated heterocycles. The van der Waals surface area contributed by atoms with Gasteiger partial charge in [-0.05, 0) is 25.3 Å². The second-order valence-corrected chi connectivity index (χ2v) is 5.45. The minimum absolute atomic E-state index is 0.0340. The van der Waals surface area contributed by atoms with Gasteiger partial charge < -0.3 is 11.1 Å². The second kappa shape index (κ2) is 8.36. The van der Waals surface area contributed by atoms with Crippen molar-refractivity contribution in [3.8, 4) is 0 Å². The van der Waals surface area contributed by atoms with Crippen molar-refractivity contribution in [2.75, 3.05) is 0 Å². The molecule has 0 fully saturated rings. The number of nitro benzene ring substituents is 1. The molecule has 6 heteroatoms. The van der Waals surface area contributed by atoms with Gasteiger partial charge in [-0.1, -0.05) is 25.5 Å². The van der Waals surface area contributed by atoms with E-state index in [0.717, 1.165) is 24.8 Å². The van der Waals surface area contributed by atoms with E-state index in [2.05, 4.69) is 5.32 Å². The number of carbonyl (C=O) groups is 1. The van der Waals surface area contributed by atoms with Gasteiger partial charge in [-0.25, -0.2) is 0 Å². The number of benzene rings is 1. The minimum atomic E-state index is -0.443. The quantitative estimate of drug-likeness (QED) is 0.568. The number of nitrogens with two attached hydrogens (primary N) is 1. The molecule has 1 rings (SSSR count). The van der Waals surface area contributed by atoms with Gasteiger partial charge in [0, 0.05) is 30.6 Å². The van der Waals surface area contributed by atoms with E-state index in [9.17, 15) is 14.9 Å². The standard InChI is InChI=1S/C15H23N3O3/c1-11(5-3-6-12(2)16)15(19)17-10-13-7-4-8-14(9-13)18(20)21/h4,7-9,11-12H,3,5-6,10,16H2,1-2H3,(H,17,19). The van der Waals surface area contributed by atoms with Crippen molar-refractivity contribution < 1.29 is 9.72 Å². The molecular formula is C15H23N3O3. The zero-order valence-electron chi connectivity index (χ0n) is 12.5. The third kappa shape index (κ3) is 6.35. The molecule has 0 aliphatic rings. The topological polar surface area (TPSA) is 98.3 Å². The van der Waals surface area contributed by atoms with Crippen molar-refractivity contribution in [3.63, 3.8) is 0 Å². The van der Waals surface area contributed by atoms with E-state index in [1.165, 1.54) is 12.1 Å². The molecule has 2 atom stereocenters. The molecule has 0 aliphatic heterocycles. The molecule has 6 nitrogen and oxygen atoms in total. The maximum Gasteiger partial charge on any atom is 0.269 e. The lowest BCUT2D eigenvalue weighted by Gasteiger charge is -2.13. The number of carbonyl (C=O) groups excluding carboxylic acids is 1. The zero-order valence-corrected chi connectivity index (χ0v) is 12.5. The van der Waals surface area contributed by atoms with Crippen LogP contribution >= 0.6 is 0 Å². The highest BCUT2D eigenvalue weighted by molar-refractivity contribution is 5.78. The van der Waals surface area contributed by atoms with Crippen LogP contribution in [-0.2, 0) is 11.3 Å². The first-order valence-electron chi connectivity index (χ1n) is 7.16. The molecule has 0 saturated carbocycles. The summed E-state index contributed by atoms with van der Waals surface area (Å²) < 4.78 is 0. The van der Waals surface area contributed by atoms with E-state index >= 15 is 0 Å². The van der Waals surface area contributed by atoms with Crippen LogP contribution < -0.4 is 11.1 Å². The van der Waals surface area contributed by atoms with Gasteiger partial charge in [0.2, 0.25) is 5.91 Å². The number of nitrogens with zero attached hydrogens (tertiary/aromatic N) is 1. The van der Waals surface area contributed by atoms with Crippen molar-refractivity contribution in [2.24, 2.45) is 11.7 Å². The first-order valence-corrected chi connectivity index (χ1v) is 7.16. The summed E-state index contributed by atoms with van der Waals surface area (Å²) in [6.45, 7) is 4.13. The smallest absolute Gasteiger partial charge is 0.269 e. The van der Waals surface area contributed by atoms with Crippen LogP contribution in [0.1, 0.15) is 38.7 Å². The Bertz CT molecular complexity index is 489. The molecule has 0 radical (unpaired) electrons. The molecule has 116 valence electrons. The van der Waals surface area contributed by atoms with Crippen LogP contribution in [0.25, 0.3) is 0 Å². The molecule has 21 heavy (non-hydrogen) atoms. The van der Waals surface area contributed by atoms with Crippen LogP contribution in [0.2, 0.25) is 0 Å². The summed E-state index contributed by atoms with van der Waals surface area (Å²) in [5.41, 5.74) is 6.43. The van der Waals surface area contributed by atoms with E-state index in [1.807, 2.05) is 13.8 Å². The van der Waals surface area contributed by atoms with Crippen molar-refractivity contribution in [2.45, 2.75) is 45.7 Å². The summed E-state index contributed by atoms with van der Waals surface area (Å²) >= 11 is 0. The fourth-order valence-corrected chi connectivity index (χ4v) is 2.02. The SMILES string of the molecule is CC(N)CCCC(C)C(=O)NCc1cccc([N+](=O)[O-])c1. The van der Waals surface area contributed by atoms with Gasteiger partial charge in [0.05, 0.1) is 4.92 Å². The molecule has 2 unspecified atom stereocenters. The number of nitrogens with one attached hydrogen (secondary N) is 1. The van der Waals surface area contributed by atoms with Crippen LogP contribution in [0.4, 0.5) is 5.69 Å². The highest BCUT2D eigenvalue weighted by atomic mass is 16.6. The summed E-state index contributed by atoms with van der Waals surface area (Å²) in [4.78, 5) is 22.2. The second-order valence-electron chi connectivity index (χ2n) is 5.45. The van der Waals surface area contributed by atoms with E-state index < -0.39 is 4.92 Å². The molecule has 1 aromatic rings. The molecular weight excluding hydrogens is 270 g/mol. The number of nitro groups is 1. The Morgan fingerprint density at radius 3 is 2.71 bits per heavy atom. The highest BCUT2D eigenvalue weighted by Crippen LogP contribution is 2.13. The van der Waals surface area contributed by atoms with Crippen molar-refractivity contribution >= 4 is 11.6 Å². The van der Waals surface area contributed by atoms with Gasteiger partial charge in [0.15, 0.2) is 0 Å². The third-order valence-corrected chi connectivity index (χ3v) is 3.33. The van der Waals surface area contributed by atoms with Gasteiger partial charge in [0.25, 0.3) is 5.69 Å². The summed E-state index contributed by atoms with van der Waals surface area (Å²) in [5, 5.41) is 13.5. The Balaban J connectivity index is 2.41. The third-order valence-electron chi connectivity index (χ3n) is 3.33. The van der Waals surface area contributed by atoms with Crippen molar-refractivity contribution in [3.05, 3.63) is 39.9 Å². The first kappa shape index (κ1) is 17.1. The van der Waals surface area contributed by atoms with Crippen LogP contribution in [0.3, 0.4) is 0 Å². The number of non-ortho nitro benzene ring substituents is 1. The number of rotatable bonds is 8. The average molecular weight is 293 g/mol. The van der Waals surface area contributed by atoms with Crippen LogP contribution in [0.5, 0.6) is 0 Å². The van der Waals surface area contributed by atoms with E-state index in [0.29, 0.717) is 6.54 Å². The molecule has 1 aromatic carbocycles. The first-order chi connectivity index (χ1) is 9.90. The lowest BCUT2D eigenvalue weighted by molar-refractivity contribution is -0.384. The number of hydrogen-bond donors (Lipinski definition) is 2. The van der Waals surface area contributed by atoms with E-state index in [1.54, 1.807) is 12.1 Å². The Morgan fingerprint density at radius 2 is 2.10 bits per heavy atom. The fourth-order valence-electron chi connectivity index (χ4n) is 2.02. The van der Waals surface area contributed by atoms with Crippen LogP contribution in [0.15, 0.2) is 24.3 Å². The fraction of sp³-hybridized carbons (Fsp3) is 0.533. The average Bonchev–Trinajstić information content (AvgIpc) is 2.44. The molecule has 3 N–H and O–H groups in total. The molecule has 0 aliphatic carbocycles. The Hall–Kier alpha value is -1.95. The Morgan fingerprint density at radius 1 is 1.38 bits per heavy atom. The zero-order chi connectivity index (χ0) is 15.8. The molecule has 0 spiro atoms. The molecule has 0 aromatic heterocycles. The predicted octanol–water partition coefficient (Wildman–Crippen LogP) is 2.36. The van der Waals surface area contributed by atoms with Gasteiger partial charge in [-0.3, -0.25) is 14.9 Å². The van der Waals surface area contributed by atoms with Gasteiger partial charge >= 0.3 is 0 Å². The van der Waals surface area contributed by atoms with Gasteiger partial charge in [-0.2, -0.15) is 0 Å². The molecule has 0 heterocycles. The normalized spacial score (nSPS) is 13.5. The van der Waals surface area contributed by atoms with E-state index in [-0.39, 0.29) is 23.6 Å². The summed E-state index contributed by atoms with van der Waals surface area (Å²) in [6, 6.07) is 6.44. The minimum Gasteiger partial charge on any atom is -0.352 e. The van der Waals surface area contributed by atoms with Crippen LogP contribution in [-0.4, -0.2) is 16.9 Å². The van der Waals surface area contributed by atoms with E-state index in [4.69, 9.17) is 5.73 Å². The monoisotopic (exact) mass is 293 g/mol. The summed E-state index contributed by atoms with van der Waals surface area (Å²) in [6.07, 6.45) is 2.62. The lowest BCUT2D eigenvalue weighted by atomic mass is 10.0. The summed E-state index contributed by atoms with van der Waals surface area (Å²) in [7, 11) is 0. The maximum absolute atomic E-state index is 11.9. The highest BCUT2D eigenvalue weighted by Gasteiger charge is 2.13. The maximum atomic E-state index is 11.9. The molecule has 0 bridgehead atoms. The van der Waals surface area contributed by atoms with Gasteiger partial charge in [0.1, 0.15) is 0 Å². The Kier molecular flexibility index (Phi) is 6.81. The number of amides is 1. The Labute approximate surface area is 124 Å². The van der Waals surface area contributed by atoms with Crippen molar-refractivity contribution in [1.29, 1.82) is 0 Å². The van der Waals surface area contributed by atoms with Crippen molar-refractivity contribution in [1.82, 2.24) is 5.32 Å². The van der Waals surface area contributed by atoms with Crippen LogP contribution in [0, 0.1) is 16.0 Å².